The smallest absolute Gasteiger partial charge is 0.241 e. The Hall–Kier alpha value is -3.52. The number of carbonyl (C=O) groups is 4. The Labute approximate surface area is 210 Å². The average molecular weight is 509 g/mol. The lowest BCUT2D eigenvalue weighted by atomic mass is 9.51. The monoisotopic (exact) mass is 508 g/mol. The molecule has 184 valence electrons. The third-order valence-electron chi connectivity index (χ3n) is 8.48. The Morgan fingerprint density at radius 3 is 2.58 bits per heavy atom. The first kappa shape index (κ1) is 22.9. The van der Waals surface area contributed by atoms with Crippen LogP contribution in [-0.4, -0.2) is 28.7 Å². The Morgan fingerprint density at radius 2 is 1.86 bits per heavy atom. The molecule has 2 aliphatic heterocycles. The van der Waals surface area contributed by atoms with Crippen molar-refractivity contribution in [3.8, 4) is 5.75 Å². The number of nitrogens with one attached hydrogen (secondary N) is 1. The normalized spacial score (nSPS) is 33.1. The molecule has 2 saturated heterocycles. The first-order chi connectivity index (χ1) is 17.1. The van der Waals surface area contributed by atoms with E-state index in [1.165, 1.54) is 18.2 Å². The van der Waals surface area contributed by atoms with E-state index < -0.39 is 52.6 Å². The molecule has 2 aliphatic carbocycles. The molecule has 2 aromatic rings. The molecule has 0 radical (unpaired) electrons. The average Bonchev–Trinajstić information content (AvgIpc) is 3.23. The number of halogens is 2. The molecule has 0 spiro atoms. The molecule has 0 unspecified atom stereocenters. The van der Waals surface area contributed by atoms with E-state index in [-0.39, 0.29) is 34.7 Å². The molecular formula is C27H22ClFN2O5. The molecule has 0 bridgehead atoms. The number of hydrogen-bond acceptors (Lipinski definition) is 5. The van der Waals surface area contributed by atoms with E-state index in [2.05, 4.69) is 5.32 Å². The van der Waals surface area contributed by atoms with E-state index in [0.29, 0.717) is 12.0 Å². The van der Waals surface area contributed by atoms with Gasteiger partial charge in [0.1, 0.15) is 11.6 Å². The maximum Gasteiger partial charge on any atom is 0.241 e. The van der Waals surface area contributed by atoms with E-state index >= 15 is 0 Å². The van der Waals surface area contributed by atoms with E-state index in [1.807, 2.05) is 6.08 Å². The molecular weight excluding hydrogens is 487 g/mol. The largest absolute Gasteiger partial charge is 0.508 e. The van der Waals surface area contributed by atoms with E-state index in [9.17, 15) is 28.7 Å². The fourth-order valence-corrected chi connectivity index (χ4v) is 7.06. The molecule has 2 aromatic carbocycles. The zero-order chi connectivity index (χ0) is 25.5. The zero-order valence-electron chi connectivity index (χ0n) is 19.2. The van der Waals surface area contributed by atoms with Crippen LogP contribution in [0, 0.1) is 34.9 Å². The van der Waals surface area contributed by atoms with Crippen molar-refractivity contribution in [3.05, 3.63) is 70.5 Å². The molecule has 2 N–H and O–H groups in total. The number of fused-ring (bicyclic) bond motifs is 4. The number of phenols is 1. The van der Waals surface area contributed by atoms with Gasteiger partial charge in [-0.05, 0) is 61.6 Å². The number of aromatic hydroxyl groups is 1. The van der Waals surface area contributed by atoms with Crippen molar-refractivity contribution in [1.29, 1.82) is 0 Å². The summed E-state index contributed by atoms with van der Waals surface area (Å²) in [6.45, 7) is 1.74. The molecule has 7 nitrogen and oxygen atoms in total. The van der Waals surface area contributed by atoms with Crippen LogP contribution in [0.15, 0.2) is 54.1 Å². The van der Waals surface area contributed by atoms with Crippen LogP contribution in [0.3, 0.4) is 0 Å². The Bertz CT molecular complexity index is 1410. The Kier molecular flexibility index (Phi) is 4.92. The number of amides is 4. The molecule has 36 heavy (non-hydrogen) atoms. The Morgan fingerprint density at radius 1 is 1.08 bits per heavy atom. The van der Waals surface area contributed by atoms with Gasteiger partial charge in [0.15, 0.2) is 0 Å². The van der Waals surface area contributed by atoms with Gasteiger partial charge in [-0.25, -0.2) is 9.29 Å². The summed E-state index contributed by atoms with van der Waals surface area (Å²) in [5, 5.41) is 12.5. The van der Waals surface area contributed by atoms with E-state index in [4.69, 9.17) is 11.6 Å². The zero-order valence-corrected chi connectivity index (χ0v) is 20.0. The molecule has 4 amide bonds. The number of nitrogens with zero attached hydrogens (tertiary/aromatic N) is 1. The number of imide groups is 2. The highest BCUT2D eigenvalue weighted by atomic mass is 35.5. The number of phenolic OH excluding ortho intramolecular Hbond substituents is 1. The number of rotatable bonds is 2. The third-order valence-corrected chi connectivity index (χ3v) is 8.77. The minimum Gasteiger partial charge on any atom is -0.508 e. The van der Waals surface area contributed by atoms with Crippen molar-refractivity contribution >= 4 is 40.9 Å². The molecule has 6 atom stereocenters. The number of hydrogen-bond donors (Lipinski definition) is 2. The number of benzene rings is 2. The van der Waals surface area contributed by atoms with Gasteiger partial charge in [-0.1, -0.05) is 35.4 Å². The van der Waals surface area contributed by atoms with Gasteiger partial charge in [0.2, 0.25) is 23.6 Å². The van der Waals surface area contributed by atoms with Gasteiger partial charge in [-0.15, -0.1) is 0 Å². The second-order valence-corrected chi connectivity index (χ2v) is 10.6. The number of allylic oxidation sites excluding steroid dienone is 2. The molecule has 4 aliphatic rings. The maximum absolute atomic E-state index is 14.1. The highest BCUT2D eigenvalue weighted by molar-refractivity contribution is 6.31. The van der Waals surface area contributed by atoms with Gasteiger partial charge < -0.3 is 5.11 Å². The second-order valence-electron chi connectivity index (χ2n) is 10.2. The summed E-state index contributed by atoms with van der Waals surface area (Å²) in [7, 11) is 0. The molecule has 6 rings (SSSR count). The van der Waals surface area contributed by atoms with Crippen LogP contribution in [0.2, 0.25) is 5.02 Å². The van der Waals surface area contributed by atoms with Gasteiger partial charge in [-0.3, -0.25) is 24.5 Å². The fraction of sp³-hybridized carbons (Fsp3) is 0.333. The van der Waals surface area contributed by atoms with Crippen molar-refractivity contribution in [3.63, 3.8) is 0 Å². The maximum atomic E-state index is 14.1. The quantitative estimate of drug-likeness (QED) is 0.475. The predicted molar refractivity (Wildman–Crippen MR) is 127 cm³/mol. The summed E-state index contributed by atoms with van der Waals surface area (Å²) in [4.78, 5) is 54.3. The number of anilines is 1. The van der Waals surface area contributed by atoms with Gasteiger partial charge >= 0.3 is 0 Å². The topological polar surface area (TPSA) is 104 Å². The summed E-state index contributed by atoms with van der Waals surface area (Å²) in [5.74, 6) is -5.23. The highest BCUT2D eigenvalue weighted by Gasteiger charge is 2.67. The lowest BCUT2D eigenvalue weighted by Gasteiger charge is -2.49. The van der Waals surface area contributed by atoms with Crippen molar-refractivity contribution in [1.82, 2.24) is 5.32 Å². The molecule has 9 heteroatoms. The predicted octanol–water partition coefficient (Wildman–Crippen LogP) is 3.70. The fourth-order valence-electron chi connectivity index (χ4n) is 6.88. The molecule has 0 aromatic heterocycles. The van der Waals surface area contributed by atoms with Crippen LogP contribution in [0.1, 0.15) is 31.2 Å². The first-order valence-electron chi connectivity index (χ1n) is 11.8. The van der Waals surface area contributed by atoms with E-state index in [0.717, 1.165) is 16.5 Å². The van der Waals surface area contributed by atoms with Gasteiger partial charge in [0, 0.05) is 5.92 Å². The first-order valence-corrected chi connectivity index (χ1v) is 12.2. The minimum absolute atomic E-state index is 0.0109. The third kappa shape index (κ3) is 2.97. The van der Waals surface area contributed by atoms with Crippen molar-refractivity contribution in [2.75, 3.05) is 4.90 Å². The number of carbonyl (C=O) groups excluding carboxylic acids is 4. The SMILES string of the molecule is C[C@@]12C(=O)N(c3ccc(F)c(Cl)c3)C(=O)[C@@H]1C[C@@H]1C(=CC[C@@H]3C(=O)NC(=O)[C@@H]31)[C@@H]2c1cccc(O)c1. The van der Waals surface area contributed by atoms with Crippen LogP contribution >= 0.6 is 11.6 Å². The molecule has 2 heterocycles. The van der Waals surface area contributed by atoms with Crippen molar-refractivity contribution < 1.29 is 28.7 Å². The highest BCUT2D eigenvalue weighted by Crippen LogP contribution is 2.63. The summed E-state index contributed by atoms with van der Waals surface area (Å²) < 4.78 is 13.8. The molecule has 1 saturated carbocycles. The van der Waals surface area contributed by atoms with Gasteiger partial charge in [-0.2, -0.15) is 0 Å². The van der Waals surface area contributed by atoms with Gasteiger partial charge in [0.05, 0.1) is 33.9 Å². The summed E-state index contributed by atoms with van der Waals surface area (Å²) >= 11 is 5.97. The van der Waals surface area contributed by atoms with E-state index in [1.54, 1.807) is 25.1 Å². The summed E-state index contributed by atoms with van der Waals surface area (Å²) in [5.41, 5.74) is 0.401. The van der Waals surface area contributed by atoms with Gasteiger partial charge in [0.25, 0.3) is 0 Å². The van der Waals surface area contributed by atoms with Crippen LogP contribution in [0.25, 0.3) is 0 Å². The summed E-state index contributed by atoms with van der Waals surface area (Å²) in [6, 6.07) is 10.2. The second kappa shape index (κ2) is 7.74. The van der Waals surface area contributed by atoms with Crippen LogP contribution in [0.4, 0.5) is 10.1 Å². The lowest BCUT2D eigenvalue weighted by molar-refractivity contribution is -0.131. The van der Waals surface area contributed by atoms with Crippen molar-refractivity contribution in [2.45, 2.75) is 25.7 Å². The minimum atomic E-state index is -1.24. The van der Waals surface area contributed by atoms with Crippen LogP contribution < -0.4 is 10.2 Å². The Balaban J connectivity index is 1.54. The summed E-state index contributed by atoms with van der Waals surface area (Å²) in [6.07, 6.45) is 2.49. The van der Waals surface area contributed by atoms with Crippen LogP contribution in [0.5, 0.6) is 5.75 Å². The standard InChI is InChI=1S/C27H22ClFN2O5/c1-27-18(25(35)31(26(27)36)13-5-8-20(29)19(28)10-13)11-17-15(22(27)12-3-2-4-14(32)9-12)6-7-16-21(17)24(34)30-23(16)33/h2-6,8-10,16-18,21-22,32H,7,11H2,1H3,(H,30,33,34)/t16-,17+,18-,21-,22-,27+/m0/s1. The molecule has 3 fully saturated rings. The lowest BCUT2D eigenvalue weighted by Crippen LogP contribution is -2.48. The van der Waals surface area contributed by atoms with Crippen molar-refractivity contribution in [2.24, 2.45) is 29.1 Å². The van der Waals surface area contributed by atoms with Crippen LogP contribution in [-0.2, 0) is 19.2 Å².